The van der Waals surface area contributed by atoms with Crippen LogP contribution in [0.1, 0.15) is 56.7 Å². The van der Waals surface area contributed by atoms with Gasteiger partial charge >= 0.3 is 0 Å². The fourth-order valence-corrected chi connectivity index (χ4v) is 2.00. The second-order valence-electron chi connectivity index (χ2n) is 4.56. The van der Waals surface area contributed by atoms with Crippen molar-refractivity contribution in [2.45, 2.75) is 53.0 Å². The maximum Gasteiger partial charge on any atom is 0.276 e. The number of hydrogen-bond donors (Lipinski definition) is 2. The van der Waals surface area contributed by atoms with Gasteiger partial charge in [0.1, 0.15) is 0 Å². The third-order valence-corrected chi connectivity index (χ3v) is 3.31. The smallest absolute Gasteiger partial charge is 0.276 e. The van der Waals surface area contributed by atoms with Crippen LogP contribution < -0.4 is 5.73 Å². The molecule has 0 aromatic carbocycles. The number of nitrogens with two attached hydrogens (primary N) is 1. The lowest BCUT2D eigenvalue weighted by Crippen LogP contribution is -2.38. The van der Waals surface area contributed by atoms with Gasteiger partial charge in [-0.2, -0.15) is 5.10 Å². The molecule has 0 fully saturated rings. The largest absolute Gasteiger partial charge is 0.395 e. The van der Waals surface area contributed by atoms with E-state index in [0.29, 0.717) is 17.9 Å². The molecule has 5 heteroatoms. The number of anilines is 1. The van der Waals surface area contributed by atoms with Crippen LogP contribution in [0.15, 0.2) is 0 Å². The number of nitrogen functional groups attached to an aromatic ring is 1. The van der Waals surface area contributed by atoms with E-state index in [1.54, 1.807) is 0 Å². The lowest BCUT2D eigenvalue weighted by atomic mass is 10.1. The molecule has 1 unspecified atom stereocenters. The van der Waals surface area contributed by atoms with Crippen molar-refractivity contribution in [3.05, 3.63) is 11.4 Å². The predicted octanol–water partition coefficient (Wildman–Crippen LogP) is 2.21. The fourth-order valence-electron chi connectivity index (χ4n) is 2.00. The molecular formula is C13H24N4O. The van der Waals surface area contributed by atoms with E-state index in [1.807, 2.05) is 18.7 Å². The van der Waals surface area contributed by atoms with Crippen LogP contribution in [0.2, 0.25) is 0 Å². The fraction of sp³-hybridized carbons (Fsp3) is 0.692. The molecule has 0 bridgehead atoms. The molecule has 0 saturated heterocycles. The first-order valence-electron chi connectivity index (χ1n) is 6.70. The summed E-state index contributed by atoms with van der Waals surface area (Å²) in [5.74, 6) is -0.0806. The molecule has 5 nitrogen and oxygen atoms in total. The standard InChI is InChI=1S/C13H24N4O/c1-5-8-10-11(14)12(16-15-10)13(18)17(7-3)9(4)6-2/h9H,5-8,14H2,1-4H3,(H,15,16). The summed E-state index contributed by atoms with van der Waals surface area (Å²) < 4.78 is 0. The maximum atomic E-state index is 12.4. The van der Waals surface area contributed by atoms with Crippen molar-refractivity contribution in [1.29, 1.82) is 0 Å². The Morgan fingerprint density at radius 1 is 1.44 bits per heavy atom. The summed E-state index contributed by atoms with van der Waals surface area (Å²) in [6.45, 7) is 8.82. The van der Waals surface area contributed by atoms with Crippen molar-refractivity contribution in [2.24, 2.45) is 0 Å². The first-order valence-corrected chi connectivity index (χ1v) is 6.70. The minimum atomic E-state index is -0.0806. The first kappa shape index (κ1) is 14.5. The van der Waals surface area contributed by atoms with Gasteiger partial charge in [-0.15, -0.1) is 0 Å². The monoisotopic (exact) mass is 252 g/mol. The highest BCUT2D eigenvalue weighted by Crippen LogP contribution is 2.19. The van der Waals surface area contributed by atoms with E-state index in [0.717, 1.165) is 25.0 Å². The molecule has 0 aliphatic rings. The number of carbonyl (C=O) groups excluding carboxylic acids is 1. The number of aromatic nitrogens is 2. The quantitative estimate of drug-likeness (QED) is 0.815. The molecule has 18 heavy (non-hydrogen) atoms. The molecule has 1 amide bonds. The Kier molecular flexibility index (Phi) is 5.19. The van der Waals surface area contributed by atoms with Gasteiger partial charge in [0, 0.05) is 12.6 Å². The Bertz CT molecular complexity index is 400. The van der Waals surface area contributed by atoms with Gasteiger partial charge in [0.05, 0.1) is 11.4 Å². The summed E-state index contributed by atoms with van der Waals surface area (Å²) in [7, 11) is 0. The molecule has 0 saturated carbocycles. The Morgan fingerprint density at radius 3 is 2.61 bits per heavy atom. The Morgan fingerprint density at radius 2 is 2.11 bits per heavy atom. The molecule has 1 aromatic heterocycles. The van der Waals surface area contributed by atoms with Gasteiger partial charge < -0.3 is 10.6 Å². The van der Waals surface area contributed by atoms with Crippen LogP contribution in [0, 0.1) is 0 Å². The van der Waals surface area contributed by atoms with Crippen LogP contribution in [-0.2, 0) is 6.42 Å². The summed E-state index contributed by atoms with van der Waals surface area (Å²) in [6.07, 6.45) is 2.72. The molecule has 102 valence electrons. The van der Waals surface area contributed by atoms with Gasteiger partial charge in [0.25, 0.3) is 5.91 Å². The number of hydrogen-bond acceptors (Lipinski definition) is 3. The number of amides is 1. The van der Waals surface area contributed by atoms with Gasteiger partial charge in [-0.3, -0.25) is 9.89 Å². The zero-order valence-electron chi connectivity index (χ0n) is 11.8. The molecule has 0 radical (unpaired) electrons. The molecule has 0 aliphatic heterocycles. The lowest BCUT2D eigenvalue weighted by molar-refractivity contribution is 0.0695. The number of aromatic amines is 1. The highest BCUT2D eigenvalue weighted by Gasteiger charge is 2.24. The molecule has 3 N–H and O–H groups in total. The van der Waals surface area contributed by atoms with Crippen LogP contribution in [0.5, 0.6) is 0 Å². The van der Waals surface area contributed by atoms with Crippen LogP contribution in [0.3, 0.4) is 0 Å². The van der Waals surface area contributed by atoms with Gasteiger partial charge in [0.15, 0.2) is 5.69 Å². The summed E-state index contributed by atoms with van der Waals surface area (Å²) in [4.78, 5) is 14.2. The Balaban J connectivity index is 2.95. The second-order valence-corrected chi connectivity index (χ2v) is 4.56. The number of H-pyrrole nitrogens is 1. The van der Waals surface area contributed by atoms with Gasteiger partial charge in [-0.25, -0.2) is 0 Å². The molecule has 1 aromatic rings. The molecule has 1 heterocycles. The van der Waals surface area contributed by atoms with Gasteiger partial charge in [-0.05, 0) is 26.7 Å². The Hall–Kier alpha value is -1.52. The normalized spacial score (nSPS) is 12.4. The topological polar surface area (TPSA) is 75.0 Å². The Labute approximate surface area is 109 Å². The first-order chi connectivity index (χ1) is 8.56. The average molecular weight is 252 g/mol. The van der Waals surface area contributed by atoms with E-state index >= 15 is 0 Å². The van der Waals surface area contributed by atoms with Crippen molar-refractivity contribution in [2.75, 3.05) is 12.3 Å². The predicted molar refractivity (Wildman–Crippen MR) is 73.5 cm³/mol. The summed E-state index contributed by atoms with van der Waals surface area (Å²) in [5, 5.41) is 6.95. The van der Waals surface area contributed by atoms with E-state index in [2.05, 4.69) is 24.0 Å². The average Bonchev–Trinajstić information content (AvgIpc) is 2.72. The highest BCUT2D eigenvalue weighted by molar-refractivity contribution is 5.97. The van der Waals surface area contributed by atoms with Crippen molar-refractivity contribution in [3.63, 3.8) is 0 Å². The van der Waals surface area contributed by atoms with Crippen LogP contribution in [0.25, 0.3) is 0 Å². The molecule has 0 spiro atoms. The molecular weight excluding hydrogens is 228 g/mol. The summed E-state index contributed by atoms with van der Waals surface area (Å²) >= 11 is 0. The number of nitrogens with one attached hydrogen (secondary N) is 1. The third-order valence-electron chi connectivity index (χ3n) is 3.31. The van der Waals surface area contributed by atoms with E-state index in [-0.39, 0.29) is 11.9 Å². The van der Waals surface area contributed by atoms with E-state index in [1.165, 1.54) is 0 Å². The maximum absolute atomic E-state index is 12.4. The number of rotatable bonds is 6. The van der Waals surface area contributed by atoms with Gasteiger partial charge in [0.2, 0.25) is 0 Å². The number of carbonyl (C=O) groups is 1. The highest BCUT2D eigenvalue weighted by atomic mass is 16.2. The minimum Gasteiger partial charge on any atom is -0.395 e. The lowest BCUT2D eigenvalue weighted by Gasteiger charge is -2.26. The van der Waals surface area contributed by atoms with Crippen molar-refractivity contribution in [3.8, 4) is 0 Å². The van der Waals surface area contributed by atoms with Crippen molar-refractivity contribution in [1.82, 2.24) is 15.1 Å². The number of nitrogens with zero attached hydrogens (tertiary/aromatic N) is 2. The summed E-state index contributed by atoms with van der Waals surface area (Å²) in [5.41, 5.74) is 7.71. The summed E-state index contributed by atoms with van der Waals surface area (Å²) in [6, 6.07) is 0.202. The van der Waals surface area contributed by atoms with Crippen LogP contribution in [-0.4, -0.2) is 33.6 Å². The minimum absolute atomic E-state index is 0.0806. The van der Waals surface area contributed by atoms with Crippen LogP contribution >= 0.6 is 0 Å². The van der Waals surface area contributed by atoms with Crippen molar-refractivity contribution < 1.29 is 4.79 Å². The molecule has 1 rings (SSSR count). The zero-order valence-corrected chi connectivity index (χ0v) is 11.8. The zero-order chi connectivity index (χ0) is 13.7. The van der Waals surface area contributed by atoms with E-state index in [9.17, 15) is 4.79 Å². The van der Waals surface area contributed by atoms with E-state index < -0.39 is 0 Å². The number of aryl methyl sites for hydroxylation is 1. The third kappa shape index (κ3) is 2.83. The van der Waals surface area contributed by atoms with Gasteiger partial charge in [-0.1, -0.05) is 20.3 Å². The van der Waals surface area contributed by atoms with Crippen molar-refractivity contribution >= 4 is 11.6 Å². The van der Waals surface area contributed by atoms with E-state index in [4.69, 9.17) is 5.73 Å². The SMILES string of the molecule is CCCc1[nH]nc(C(=O)N(CC)C(C)CC)c1N. The second kappa shape index (κ2) is 6.42. The van der Waals surface area contributed by atoms with Crippen LogP contribution in [0.4, 0.5) is 5.69 Å². The molecule has 1 atom stereocenters. The molecule has 0 aliphatic carbocycles.